The topological polar surface area (TPSA) is 161 Å². The third-order valence-electron chi connectivity index (χ3n) is 10.9. The predicted octanol–water partition coefficient (Wildman–Crippen LogP) is 5.72. The highest BCUT2D eigenvalue weighted by atomic mass is 35.5. The van der Waals surface area contributed by atoms with Crippen molar-refractivity contribution in [3.63, 3.8) is 0 Å². The minimum atomic E-state index is -5.00. The second-order valence-corrected chi connectivity index (χ2v) is 17.4. The average Bonchev–Trinajstić information content (AvgIpc) is 4.02. The van der Waals surface area contributed by atoms with Crippen molar-refractivity contribution in [2.24, 2.45) is 11.8 Å². The number of piperidine rings is 3. The molecule has 0 spiro atoms. The van der Waals surface area contributed by atoms with E-state index in [1.165, 1.54) is 30.3 Å². The quantitative estimate of drug-likeness (QED) is 0.0839. The van der Waals surface area contributed by atoms with Gasteiger partial charge in [0.25, 0.3) is 0 Å². The lowest BCUT2D eigenvalue weighted by Gasteiger charge is -2.44. The number of carbonyl (C=O) groups is 2. The maximum absolute atomic E-state index is 14.9. The van der Waals surface area contributed by atoms with Crippen molar-refractivity contribution in [1.29, 1.82) is 0 Å². The summed E-state index contributed by atoms with van der Waals surface area (Å²) in [4.78, 5) is 28.4. The highest BCUT2D eigenvalue weighted by Gasteiger charge is 2.40. The fourth-order valence-electron chi connectivity index (χ4n) is 7.65. The standard InChI is InChI=1S/C41H41Cl2F2N3O9S/c1-23-5-9-26(10-6-23)37(40(51)56-36-21-47-15-13-25(36)14-16-47)46-58(53,54)38-28(3-2-4-29(38)39(49)50)30(18-31-32(42)19-48(52)20-33(31)43)27-11-12-34(57-41(44)45)35(17-27)55-22-24-7-8-24/h2-6,9-12,17,19-20,24-25,30,36-37,41,46H,7-8,13-16,18,21-22H2,1H3,(H,49,50)/p-1/t30-,36-,37?/m0/s1. The number of benzene rings is 3. The van der Waals surface area contributed by atoms with Gasteiger partial charge in [0.15, 0.2) is 23.9 Å². The van der Waals surface area contributed by atoms with E-state index in [9.17, 15) is 37.1 Å². The van der Waals surface area contributed by atoms with Gasteiger partial charge in [0, 0.05) is 23.6 Å². The SMILES string of the molecule is Cc1ccc(C(NS(=O)(=O)c2c(C(=O)[O-])cccc2[C@@H](Cc2c(Cl)c[n+]([O-])cc2Cl)c2ccc(OC(F)F)c(OCC3CC3)c2)C(=O)O[C@H]2CN3CCC2CC3)cc1. The summed E-state index contributed by atoms with van der Waals surface area (Å²) >= 11 is 13.1. The minimum Gasteiger partial charge on any atom is -0.619 e. The van der Waals surface area contributed by atoms with Gasteiger partial charge >= 0.3 is 12.6 Å². The lowest BCUT2D eigenvalue weighted by molar-refractivity contribution is -0.605. The number of carboxylic acid groups (broad SMARTS) is 1. The Morgan fingerprint density at radius 1 is 0.966 bits per heavy atom. The van der Waals surface area contributed by atoms with Crippen molar-refractivity contribution >= 4 is 45.2 Å². The van der Waals surface area contributed by atoms with Gasteiger partial charge in [-0.2, -0.15) is 18.2 Å². The van der Waals surface area contributed by atoms with E-state index in [1.54, 1.807) is 24.3 Å². The summed E-state index contributed by atoms with van der Waals surface area (Å²) in [6.45, 7) is 1.10. The van der Waals surface area contributed by atoms with Crippen molar-refractivity contribution in [2.45, 2.75) is 68.6 Å². The number of ether oxygens (including phenoxy) is 3. The monoisotopic (exact) mass is 858 g/mol. The zero-order valence-electron chi connectivity index (χ0n) is 31.2. The Kier molecular flexibility index (Phi) is 12.5. The zero-order valence-corrected chi connectivity index (χ0v) is 33.6. The van der Waals surface area contributed by atoms with Crippen LogP contribution in [0.15, 0.2) is 78.0 Å². The molecule has 58 heavy (non-hydrogen) atoms. The van der Waals surface area contributed by atoms with Crippen LogP contribution in [-0.4, -0.2) is 64.2 Å². The van der Waals surface area contributed by atoms with Crippen molar-refractivity contribution in [1.82, 2.24) is 9.62 Å². The predicted molar refractivity (Wildman–Crippen MR) is 206 cm³/mol. The number of alkyl halides is 2. The molecule has 3 aliphatic heterocycles. The van der Waals surface area contributed by atoms with Gasteiger partial charge < -0.3 is 29.3 Å². The molecule has 4 fully saturated rings. The van der Waals surface area contributed by atoms with Gasteiger partial charge in [0.2, 0.25) is 10.0 Å². The number of fused-ring (bicyclic) bond motifs is 3. The molecule has 4 heterocycles. The van der Waals surface area contributed by atoms with E-state index >= 15 is 0 Å². The van der Waals surface area contributed by atoms with E-state index in [1.807, 2.05) is 6.92 Å². The number of nitrogens with one attached hydrogen (secondary N) is 1. The maximum atomic E-state index is 14.9. The molecule has 308 valence electrons. The summed E-state index contributed by atoms with van der Waals surface area (Å²) in [5.74, 6) is -3.87. The van der Waals surface area contributed by atoms with Gasteiger partial charge in [-0.25, -0.2) is 13.2 Å². The first-order chi connectivity index (χ1) is 27.7. The van der Waals surface area contributed by atoms with E-state index in [0.717, 1.165) is 62.8 Å². The van der Waals surface area contributed by atoms with E-state index in [0.29, 0.717) is 11.3 Å². The summed E-state index contributed by atoms with van der Waals surface area (Å²) in [6.07, 6.45) is 4.84. The molecule has 4 aromatic rings. The molecular weight excluding hydrogens is 819 g/mol. The van der Waals surface area contributed by atoms with Crippen LogP contribution in [-0.2, 0) is 26.0 Å². The molecule has 0 amide bonds. The molecule has 3 aromatic carbocycles. The highest BCUT2D eigenvalue weighted by Crippen LogP contribution is 2.42. The normalized spacial score (nSPS) is 20.1. The fraction of sp³-hybridized carbons (Fsp3) is 0.390. The molecule has 1 aromatic heterocycles. The number of esters is 1. The number of carbonyl (C=O) groups excluding carboxylic acids is 2. The van der Waals surface area contributed by atoms with E-state index in [-0.39, 0.29) is 68.7 Å². The third kappa shape index (κ3) is 9.50. The van der Waals surface area contributed by atoms with Gasteiger partial charge in [-0.3, -0.25) is 4.90 Å². The van der Waals surface area contributed by atoms with Crippen LogP contribution in [0.1, 0.15) is 75.8 Å². The molecule has 3 saturated heterocycles. The van der Waals surface area contributed by atoms with Crippen LogP contribution in [0.5, 0.6) is 11.5 Å². The Bertz CT molecular complexity index is 2270. The van der Waals surface area contributed by atoms with Crippen LogP contribution < -0.4 is 24.0 Å². The van der Waals surface area contributed by atoms with Crippen molar-refractivity contribution in [3.8, 4) is 11.5 Å². The molecule has 17 heteroatoms. The van der Waals surface area contributed by atoms with Crippen molar-refractivity contribution < 1.29 is 50.8 Å². The molecular formula is C41H40Cl2F2N3O9S-. The smallest absolute Gasteiger partial charge is 0.387 e. The lowest BCUT2D eigenvalue weighted by atomic mass is 9.85. The molecule has 2 bridgehead atoms. The summed E-state index contributed by atoms with van der Waals surface area (Å²) in [6, 6.07) is 12.8. The lowest BCUT2D eigenvalue weighted by Crippen LogP contribution is -2.52. The molecule has 1 unspecified atom stereocenters. The summed E-state index contributed by atoms with van der Waals surface area (Å²) in [5, 5.41) is 24.9. The number of hydrogen-bond donors (Lipinski definition) is 1. The Morgan fingerprint density at radius 2 is 1.64 bits per heavy atom. The van der Waals surface area contributed by atoms with Crippen LogP contribution in [0.25, 0.3) is 0 Å². The molecule has 4 aliphatic rings. The number of aromatic carboxylic acids is 1. The first-order valence-electron chi connectivity index (χ1n) is 18.8. The molecule has 1 N–H and O–H groups in total. The molecule has 3 atom stereocenters. The molecule has 12 nitrogen and oxygen atoms in total. The summed E-state index contributed by atoms with van der Waals surface area (Å²) < 4.78 is 76.4. The van der Waals surface area contributed by atoms with Crippen LogP contribution >= 0.6 is 23.2 Å². The number of nitrogens with zero attached hydrogens (tertiary/aromatic N) is 2. The fourth-order valence-corrected chi connectivity index (χ4v) is 9.87. The van der Waals surface area contributed by atoms with Gasteiger partial charge in [-0.05, 0) is 92.8 Å². The van der Waals surface area contributed by atoms with Crippen LogP contribution in [0.3, 0.4) is 0 Å². The van der Waals surface area contributed by atoms with Crippen LogP contribution in [0.4, 0.5) is 8.78 Å². The Morgan fingerprint density at radius 3 is 2.24 bits per heavy atom. The molecule has 1 aliphatic carbocycles. The number of aryl methyl sites for hydroxylation is 1. The molecule has 1 saturated carbocycles. The average molecular weight is 860 g/mol. The van der Waals surface area contributed by atoms with E-state index in [4.69, 9.17) is 37.4 Å². The molecule has 8 rings (SSSR count). The minimum absolute atomic E-state index is 0.0640. The molecule has 0 radical (unpaired) electrons. The van der Waals surface area contributed by atoms with Crippen molar-refractivity contribution in [3.05, 3.63) is 122 Å². The van der Waals surface area contributed by atoms with E-state index in [2.05, 4.69) is 9.62 Å². The Hall–Kier alpha value is -4.54. The van der Waals surface area contributed by atoms with Gasteiger partial charge in [0.1, 0.15) is 22.2 Å². The number of hydrogen-bond acceptors (Lipinski definition) is 10. The van der Waals surface area contributed by atoms with Gasteiger partial charge in [-0.15, -0.1) is 0 Å². The first-order valence-corrected chi connectivity index (χ1v) is 21.0. The van der Waals surface area contributed by atoms with Crippen molar-refractivity contribution in [2.75, 3.05) is 26.2 Å². The summed E-state index contributed by atoms with van der Waals surface area (Å²) in [7, 11) is -5.00. The largest absolute Gasteiger partial charge is 0.619 e. The number of pyridine rings is 1. The zero-order chi connectivity index (χ0) is 41.3. The second-order valence-electron chi connectivity index (χ2n) is 15.0. The maximum Gasteiger partial charge on any atom is 0.387 e. The summed E-state index contributed by atoms with van der Waals surface area (Å²) in [5.41, 5.74) is 0.725. The van der Waals surface area contributed by atoms with Gasteiger partial charge in [0.05, 0.1) is 17.5 Å². The number of sulfonamides is 1. The van der Waals surface area contributed by atoms with Crippen LogP contribution in [0.2, 0.25) is 10.0 Å². The third-order valence-corrected chi connectivity index (χ3v) is 13.1. The number of carboxylic acids is 1. The Balaban J connectivity index is 1.35. The highest BCUT2D eigenvalue weighted by molar-refractivity contribution is 7.89. The van der Waals surface area contributed by atoms with Gasteiger partial charge in [-0.1, -0.05) is 77.3 Å². The van der Waals surface area contributed by atoms with Crippen LogP contribution in [0, 0.1) is 24.0 Å². The Labute approximate surface area is 344 Å². The number of aromatic nitrogens is 1. The number of halogens is 4. The number of rotatable bonds is 16. The second kappa shape index (κ2) is 17.4. The first kappa shape index (κ1) is 41.6. The van der Waals surface area contributed by atoms with E-state index < -0.39 is 57.1 Å².